The van der Waals surface area contributed by atoms with Crippen molar-refractivity contribution in [2.45, 2.75) is 3.54 Å². The summed E-state index contributed by atoms with van der Waals surface area (Å²) in [5, 5.41) is 0. The molecule has 0 saturated carbocycles. The van der Waals surface area contributed by atoms with Crippen LogP contribution in [0.15, 0.2) is 0 Å². The van der Waals surface area contributed by atoms with E-state index < -0.39 is 0 Å². The van der Waals surface area contributed by atoms with Crippen molar-refractivity contribution < 1.29 is 1.37 Å². The van der Waals surface area contributed by atoms with E-state index in [-0.39, 0.29) is 3.54 Å². The lowest BCUT2D eigenvalue weighted by molar-refractivity contribution is 2.14. The Balaban J connectivity index is 3.36. The lowest BCUT2D eigenvalue weighted by Crippen LogP contribution is -1.87. The van der Waals surface area contributed by atoms with Gasteiger partial charge in [-0.05, 0) is 6.22 Å². The molecule has 3 atom stereocenters. The van der Waals surface area contributed by atoms with Crippen molar-refractivity contribution in [2.24, 2.45) is 0 Å². The minimum Gasteiger partial charge on any atom is -0.176 e. The molecular weight excluding hydrogens is 339 g/mol. The van der Waals surface area contributed by atoms with Crippen LogP contribution in [0.1, 0.15) is 1.37 Å². The van der Waals surface area contributed by atoms with Gasteiger partial charge in [-0.15, -0.1) is 0 Å². The molecule has 0 heterocycles. The fourth-order valence-electron chi connectivity index (χ4n) is 0.0315. The normalized spacial score (nSPS) is 23.5. The van der Waals surface area contributed by atoms with Gasteiger partial charge < -0.3 is 0 Å². The zero-order chi connectivity index (χ0) is 5.91. The fraction of sp³-hybridized carbons (Fsp3) is 1.00. The largest absolute Gasteiger partial charge is 0.176 e. The molecule has 6 heavy (non-hydrogen) atoms. The maximum atomic E-state index is 7.34. The molecule has 0 nitrogen and oxygen atoms in total. The molecule has 0 aliphatic rings. The Hall–Kier alpha value is 2.38. The topological polar surface area (TPSA) is 0 Å². The van der Waals surface area contributed by atoms with Gasteiger partial charge in [0.05, 0.1) is 0 Å². The third kappa shape index (κ3) is 4.54. The fourth-order valence-corrected chi connectivity index (χ4v) is 1.90. The highest BCUT2D eigenvalue weighted by atomic mass is 127. The van der Waals surface area contributed by atoms with Gasteiger partial charge in [-0.3, -0.25) is 0 Å². The summed E-state index contributed by atoms with van der Waals surface area (Å²) in [6, 6.07) is 0. The van der Waals surface area contributed by atoms with E-state index in [0.29, 0.717) is 6.22 Å². The van der Waals surface area contributed by atoms with E-state index in [1.165, 1.54) is 0 Å². The van der Waals surface area contributed by atoms with E-state index in [0.717, 1.165) is 0 Å². The highest BCUT2D eigenvalue weighted by Crippen LogP contribution is 2.32. The van der Waals surface area contributed by atoms with E-state index >= 15 is 0 Å². The second kappa shape index (κ2) is 5.52. The molecule has 0 aromatic rings. The van der Waals surface area contributed by atoms with Crippen molar-refractivity contribution in [3.05, 3.63) is 0 Å². The first-order valence-corrected chi connectivity index (χ1v) is 7.11. The minimum atomic E-state index is -0.344. The predicted molar refractivity (Wildman–Crippen MR) is 55.6 cm³/mol. The summed E-state index contributed by atoms with van der Waals surface area (Å²) in [5.74, 6) is 0. The van der Waals surface area contributed by atoms with E-state index in [4.69, 9.17) is 1.37 Å². The number of halogens is 2. The summed E-state index contributed by atoms with van der Waals surface area (Å²) in [6.07, 6.45) is 0.631. The third-order valence-electron chi connectivity index (χ3n) is 0.237. The van der Waals surface area contributed by atoms with Crippen molar-refractivity contribution in [3.63, 3.8) is 0 Å². The Morgan fingerprint density at radius 1 is 2.17 bits per heavy atom. The average molecular weight is 345 g/mol. The quantitative estimate of drug-likeness (QED) is 0.312. The highest BCUT2D eigenvalue weighted by molar-refractivity contribution is 14.2. The van der Waals surface area contributed by atoms with Crippen molar-refractivity contribution in [2.75, 3.05) is 0 Å². The van der Waals surface area contributed by atoms with Crippen molar-refractivity contribution in [1.29, 1.82) is 0 Å². The van der Waals surface area contributed by atoms with Crippen LogP contribution in [0.3, 0.4) is 0 Å². The Morgan fingerprint density at radius 3 is 2.67 bits per heavy atom. The van der Waals surface area contributed by atoms with Crippen molar-refractivity contribution in [3.8, 4) is 0 Å². The monoisotopic (exact) mass is 345 g/mol. The summed E-state index contributed by atoms with van der Waals surface area (Å²) >= 11 is 4.32. The van der Waals surface area contributed by atoms with Gasteiger partial charge in [-0.1, -0.05) is 44.6 Å². The predicted octanol–water partition coefficient (Wildman–Crippen LogP) is 2.23. The van der Waals surface area contributed by atoms with Gasteiger partial charge >= 0.3 is 0 Å². The summed E-state index contributed by atoms with van der Waals surface area (Å²) in [5.41, 5.74) is 0. The van der Waals surface area contributed by atoms with Crippen LogP contribution in [0.2, 0.25) is 0 Å². The maximum absolute atomic E-state index is 7.34. The first kappa shape index (κ1) is 6.50. The summed E-state index contributed by atoms with van der Waals surface area (Å²) in [4.78, 5) is 0. The van der Waals surface area contributed by atoms with Crippen LogP contribution in [-0.2, 0) is 0 Å². The smallest absolute Gasteiger partial charge is 0.161 e. The Labute approximate surface area is 71.2 Å². The average Bonchev–Trinajstić information content (AvgIpc) is 1.68. The number of hydrogen-bond acceptors (Lipinski definition) is 0. The second-order valence-corrected chi connectivity index (χ2v) is 5.47. The van der Waals surface area contributed by atoms with Gasteiger partial charge in [0, 0.05) is 4.91 Å². The maximum Gasteiger partial charge on any atom is 0.161 e. The van der Waals surface area contributed by atoms with Crippen molar-refractivity contribution >= 4 is 67.0 Å². The molecule has 0 spiro atoms. The van der Waals surface area contributed by atoms with Gasteiger partial charge in [-0.2, -0.15) is 9.12 Å². The number of rotatable bonds is 2. The first-order chi connectivity index (χ1) is 3.12. The first-order valence-electron chi connectivity index (χ1n) is 1.75. The molecule has 0 aromatic carbocycles. The molecule has 1 radical (unpaired) electrons. The lowest BCUT2D eigenvalue weighted by atomic mass is 10.2. The minimum absolute atomic E-state index is 0.344. The molecule has 3 unspecified atom stereocenters. The zero-order valence-electron chi connectivity index (χ0n) is 3.91. The van der Waals surface area contributed by atoms with Crippen LogP contribution in [0.4, 0.5) is 0 Å². The molecule has 0 fully saturated rings. The molecule has 0 rings (SSSR count). The standard InChI is InChI=1S/CH4BI2P2/c3-1(2-5)6-4/h1,6H,5H2/i1T. The van der Waals surface area contributed by atoms with E-state index in [1.54, 1.807) is 0 Å². The van der Waals surface area contributed by atoms with Crippen LogP contribution < -0.4 is 0 Å². The SMILES string of the molecule is [3H]C(I)([B]P)PI. The van der Waals surface area contributed by atoms with Gasteiger partial charge in [-0.25, -0.2) is 0 Å². The molecule has 0 aliphatic carbocycles. The van der Waals surface area contributed by atoms with Gasteiger partial charge in [0.2, 0.25) is 0 Å². The van der Waals surface area contributed by atoms with Crippen LogP contribution >= 0.6 is 60.0 Å². The molecule has 0 aliphatic heterocycles. The number of hydrogen-bond donors (Lipinski definition) is 0. The van der Waals surface area contributed by atoms with E-state index in [9.17, 15) is 0 Å². The van der Waals surface area contributed by atoms with Crippen molar-refractivity contribution in [1.82, 2.24) is 0 Å². The molecular formula is CH4BI2P2. The van der Waals surface area contributed by atoms with E-state index in [2.05, 4.69) is 53.8 Å². The van der Waals surface area contributed by atoms with E-state index in [1.807, 2.05) is 7.00 Å². The van der Waals surface area contributed by atoms with Gasteiger partial charge in [0.25, 0.3) is 0 Å². The Bertz CT molecular complexity index is 53.7. The number of alkyl halides is 1. The Morgan fingerprint density at radius 2 is 2.67 bits per heavy atom. The van der Waals surface area contributed by atoms with Crippen LogP contribution in [0.25, 0.3) is 0 Å². The second-order valence-electron chi connectivity index (χ2n) is 0.609. The third-order valence-corrected chi connectivity index (χ3v) is 7.94. The summed E-state index contributed by atoms with van der Waals surface area (Å²) < 4.78 is 6.99. The molecule has 5 heteroatoms. The molecule has 0 N–H and O–H groups in total. The lowest BCUT2D eigenvalue weighted by Gasteiger charge is -1.93. The van der Waals surface area contributed by atoms with Gasteiger partial charge in [0.1, 0.15) is 0 Å². The summed E-state index contributed by atoms with van der Waals surface area (Å²) in [7, 11) is 2.45. The van der Waals surface area contributed by atoms with Crippen LogP contribution in [-0.4, -0.2) is 10.5 Å². The van der Waals surface area contributed by atoms with Crippen LogP contribution in [0.5, 0.6) is 0 Å². The molecule has 0 saturated heterocycles. The Kier molecular flexibility index (Phi) is 5.98. The molecule has 0 aromatic heterocycles. The highest BCUT2D eigenvalue weighted by Gasteiger charge is 1.94. The summed E-state index contributed by atoms with van der Waals surface area (Å²) in [6.45, 7) is 1.82. The zero-order valence-corrected chi connectivity index (χ0v) is 9.38. The van der Waals surface area contributed by atoms with Gasteiger partial charge in [0.15, 0.2) is 7.00 Å². The van der Waals surface area contributed by atoms with Crippen LogP contribution in [0, 0.1) is 0 Å². The molecule has 0 bridgehead atoms. The molecule has 35 valence electrons. The molecule has 0 amide bonds.